The van der Waals surface area contributed by atoms with Gasteiger partial charge in [0, 0.05) is 6.61 Å². The van der Waals surface area contributed by atoms with Crippen LogP contribution in [0.3, 0.4) is 0 Å². The molecule has 0 rings (SSSR count). The third kappa shape index (κ3) is 15.6. The Morgan fingerprint density at radius 1 is 1.00 bits per heavy atom. The van der Waals surface area contributed by atoms with Gasteiger partial charge in [0.05, 0.1) is 27.6 Å². The summed E-state index contributed by atoms with van der Waals surface area (Å²) in [6.07, 6.45) is 10.1. The molecule has 0 aromatic heterocycles. The predicted molar refractivity (Wildman–Crippen MR) is 87.5 cm³/mol. The van der Waals surface area contributed by atoms with Crippen molar-refractivity contribution >= 4 is 5.97 Å². The molecule has 0 saturated carbocycles. The van der Waals surface area contributed by atoms with Gasteiger partial charge in [0.1, 0.15) is 12.6 Å². The molecule has 0 aromatic rings. The molecule has 0 aliphatic carbocycles. The fourth-order valence-electron chi connectivity index (χ4n) is 2.47. The van der Waals surface area contributed by atoms with Gasteiger partial charge in [0.2, 0.25) is 0 Å². The second kappa shape index (κ2) is 12.0. The van der Waals surface area contributed by atoms with Crippen LogP contribution in [0.2, 0.25) is 0 Å². The highest BCUT2D eigenvalue weighted by Gasteiger charge is 2.21. The van der Waals surface area contributed by atoms with Crippen LogP contribution >= 0.6 is 0 Å². The first-order valence-electron chi connectivity index (χ1n) is 8.49. The quantitative estimate of drug-likeness (QED) is 0.393. The molecule has 0 bridgehead atoms. The van der Waals surface area contributed by atoms with E-state index in [1.165, 1.54) is 44.9 Å². The highest BCUT2D eigenvalue weighted by Crippen LogP contribution is 2.10. The number of unbranched alkanes of at least 4 members (excludes halogenated alkanes) is 7. The number of nitrogens with zero attached hydrogens (tertiary/aromatic N) is 1. The molecule has 0 heterocycles. The molecule has 0 radical (unpaired) electrons. The number of ether oxygens (including phenoxy) is 1. The molecule has 0 fully saturated rings. The van der Waals surface area contributed by atoms with Crippen LogP contribution in [0.1, 0.15) is 64.7 Å². The highest BCUT2D eigenvalue weighted by molar-refractivity contribution is 5.67. The normalized spacial score (nSPS) is 13.3. The van der Waals surface area contributed by atoms with E-state index in [1.54, 1.807) is 0 Å². The van der Waals surface area contributed by atoms with E-state index >= 15 is 0 Å². The standard InChI is InChI=1S/C17H35NO3/c1-5-6-7-8-9-10-11-12-13-21-16(14-17(19)20)15-18(2,3)4/h16H,5-15H2,1-4H3/p+1. The average Bonchev–Trinajstić information content (AvgIpc) is 2.34. The molecule has 0 spiro atoms. The molecule has 0 aromatic carbocycles. The summed E-state index contributed by atoms with van der Waals surface area (Å²) in [5, 5.41) is 8.94. The maximum absolute atomic E-state index is 10.9. The molecule has 0 aliphatic heterocycles. The summed E-state index contributed by atoms with van der Waals surface area (Å²) in [5.74, 6) is -0.774. The molecule has 21 heavy (non-hydrogen) atoms. The Hall–Kier alpha value is -0.610. The minimum absolute atomic E-state index is 0.104. The van der Waals surface area contributed by atoms with Gasteiger partial charge in [0.25, 0.3) is 0 Å². The van der Waals surface area contributed by atoms with Crippen molar-refractivity contribution in [1.29, 1.82) is 0 Å². The molecule has 1 N–H and O–H groups in total. The van der Waals surface area contributed by atoms with E-state index in [0.29, 0.717) is 6.61 Å². The SMILES string of the molecule is CCCCCCCCCCOC(CC(=O)O)C[N+](C)(C)C. The second-order valence-electron chi connectivity index (χ2n) is 7.04. The number of carboxylic acid groups (broad SMARTS) is 1. The minimum Gasteiger partial charge on any atom is -0.481 e. The average molecular weight is 302 g/mol. The second-order valence-corrected chi connectivity index (χ2v) is 7.04. The van der Waals surface area contributed by atoms with Gasteiger partial charge in [-0.05, 0) is 6.42 Å². The molecule has 1 unspecified atom stereocenters. The van der Waals surface area contributed by atoms with Crippen molar-refractivity contribution < 1.29 is 19.1 Å². The number of quaternary nitrogens is 1. The van der Waals surface area contributed by atoms with Crippen LogP contribution in [0, 0.1) is 0 Å². The van der Waals surface area contributed by atoms with E-state index in [9.17, 15) is 4.79 Å². The van der Waals surface area contributed by atoms with Gasteiger partial charge in [0.15, 0.2) is 0 Å². The fourth-order valence-corrected chi connectivity index (χ4v) is 2.47. The van der Waals surface area contributed by atoms with Crippen molar-refractivity contribution in [2.24, 2.45) is 0 Å². The Bertz CT molecular complexity index is 261. The van der Waals surface area contributed by atoms with Gasteiger partial charge < -0.3 is 14.3 Å². The molecule has 126 valence electrons. The van der Waals surface area contributed by atoms with Crippen LogP contribution in [0.15, 0.2) is 0 Å². The van der Waals surface area contributed by atoms with Gasteiger partial charge in [-0.25, -0.2) is 0 Å². The summed E-state index contributed by atoms with van der Waals surface area (Å²) in [7, 11) is 6.19. The van der Waals surface area contributed by atoms with Crippen molar-refractivity contribution in [1.82, 2.24) is 0 Å². The van der Waals surface area contributed by atoms with E-state index in [2.05, 4.69) is 28.1 Å². The van der Waals surface area contributed by atoms with Gasteiger partial charge in [-0.2, -0.15) is 0 Å². The number of hydrogen-bond acceptors (Lipinski definition) is 2. The molecule has 0 aliphatic rings. The van der Waals surface area contributed by atoms with E-state index in [-0.39, 0.29) is 12.5 Å². The first-order chi connectivity index (χ1) is 9.85. The number of likely N-dealkylation sites (N-methyl/N-ethyl adjacent to an activating group) is 1. The lowest BCUT2D eigenvalue weighted by Gasteiger charge is -2.28. The number of carbonyl (C=O) groups is 1. The van der Waals surface area contributed by atoms with Gasteiger partial charge in [-0.1, -0.05) is 51.9 Å². The van der Waals surface area contributed by atoms with Crippen LogP contribution in [0.25, 0.3) is 0 Å². The third-order valence-electron chi connectivity index (χ3n) is 3.51. The Labute approximate surface area is 131 Å². The molecule has 1 atom stereocenters. The zero-order valence-electron chi connectivity index (χ0n) is 14.6. The zero-order chi connectivity index (χ0) is 16.1. The van der Waals surface area contributed by atoms with Crippen molar-refractivity contribution in [2.75, 3.05) is 34.3 Å². The van der Waals surface area contributed by atoms with Crippen molar-refractivity contribution in [3.8, 4) is 0 Å². The van der Waals surface area contributed by atoms with Gasteiger partial charge in [-0.3, -0.25) is 4.79 Å². The molecule has 4 heteroatoms. The smallest absolute Gasteiger partial charge is 0.306 e. The summed E-state index contributed by atoms with van der Waals surface area (Å²) < 4.78 is 6.51. The molecule has 0 saturated heterocycles. The predicted octanol–water partition coefficient (Wildman–Crippen LogP) is 3.69. The van der Waals surface area contributed by atoms with Crippen molar-refractivity contribution in [3.63, 3.8) is 0 Å². The summed E-state index contributed by atoms with van der Waals surface area (Å²) >= 11 is 0. The monoisotopic (exact) mass is 302 g/mol. The van der Waals surface area contributed by atoms with Gasteiger partial charge >= 0.3 is 5.97 Å². The fraction of sp³-hybridized carbons (Fsp3) is 0.941. The zero-order valence-corrected chi connectivity index (χ0v) is 14.6. The van der Waals surface area contributed by atoms with E-state index in [1.807, 2.05) is 0 Å². The van der Waals surface area contributed by atoms with Crippen LogP contribution in [0.4, 0.5) is 0 Å². The Morgan fingerprint density at radius 2 is 1.52 bits per heavy atom. The van der Waals surface area contributed by atoms with Crippen molar-refractivity contribution in [2.45, 2.75) is 70.8 Å². The third-order valence-corrected chi connectivity index (χ3v) is 3.51. The first-order valence-corrected chi connectivity index (χ1v) is 8.49. The van der Waals surface area contributed by atoms with Crippen LogP contribution in [-0.2, 0) is 9.53 Å². The minimum atomic E-state index is -0.774. The van der Waals surface area contributed by atoms with E-state index in [4.69, 9.17) is 9.84 Å². The van der Waals surface area contributed by atoms with Crippen LogP contribution in [0.5, 0.6) is 0 Å². The maximum Gasteiger partial charge on any atom is 0.306 e. The number of carboxylic acids is 1. The van der Waals surface area contributed by atoms with E-state index < -0.39 is 5.97 Å². The maximum atomic E-state index is 10.9. The summed E-state index contributed by atoms with van der Waals surface area (Å²) in [4.78, 5) is 10.9. The molecular formula is C17H36NO3+. The topological polar surface area (TPSA) is 46.5 Å². The lowest BCUT2D eigenvalue weighted by molar-refractivity contribution is -0.873. The van der Waals surface area contributed by atoms with Gasteiger partial charge in [-0.15, -0.1) is 0 Å². The summed E-state index contributed by atoms with van der Waals surface area (Å²) in [6.45, 7) is 3.66. The first kappa shape index (κ1) is 20.4. The lowest BCUT2D eigenvalue weighted by Crippen LogP contribution is -2.43. The number of aliphatic carboxylic acids is 1. The van der Waals surface area contributed by atoms with Crippen LogP contribution < -0.4 is 0 Å². The Kier molecular flexibility index (Phi) is 11.6. The molecule has 0 amide bonds. The molecular weight excluding hydrogens is 266 g/mol. The van der Waals surface area contributed by atoms with Crippen LogP contribution in [-0.4, -0.2) is 56.0 Å². The number of hydrogen-bond donors (Lipinski definition) is 1. The Balaban J connectivity index is 3.66. The summed E-state index contributed by atoms with van der Waals surface area (Å²) in [6, 6.07) is 0. The Morgan fingerprint density at radius 3 is 2.00 bits per heavy atom. The molecule has 4 nitrogen and oxygen atoms in total. The lowest BCUT2D eigenvalue weighted by atomic mass is 10.1. The van der Waals surface area contributed by atoms with E-state index in [0.717, 1.165) is 17.4 Å². The highest BCUT2D eigenvalue weighted by atomic mass is 16.5. The largest absolute Gasteiger partial charge is 0.481 e. The van der Waals surface area contributed by atoms with Crippen molar-refractivity contribution in [3.05, 3.63) is 0 Å². The summed E-state index contributed by atoms with van der Waals surface area (Å²) in [5.41, 5.74) is 0. The number of rotatable bonds is 14.